The van der Waals surface area contributed by atoms with E-state index in [0.717, 1.165) is 31.2 Å². The van der Waals surface area contributed by atoms with Gasteiger partial charge in [-0.15, -0.1) is 0 Å². The van der Waals surface area contributed by atoms with Gasteiger partial charge in [0.25, 0.3) is 0 Å². The predicted octanol–water partition coefficient (Wildman–Crippen LogP) is 2.78. The summed E-state index contributed by atoms with van der Waals surface area (Å²) in [6, 6.07) is 6.40. The van der Waals surface area contributed by atoms with Gasteiger partial charge >= 0.3 is 5.97 Å². The lowest BCUT2D eigenvalue weighted by molar-refractivity contribution is 0.0601. The summed E-state index contributed by atoms with van der Waals surface area (Å²) in [6.45, 7) is 2.21. The van der Waals surface area contributed by atoms with Crippen LogP contribution in [-0.4, -0.2) is 43.2 Å². The Hall–Kier alpha value is -1.26. The minimum Gasteiger partial charge on any atom is -0.465 e. The first-order valence-corrected chi connectivity index (χ1v) is 7.43. The largest absolute Gasteiger partial charge is 0.465 e. The molecule has 3 rings (SSSR count). The molecule has 1 N–H and O–H groups in total. The number of carbonyl (C=O) groups excluding carboxylic acids is 1. The molecular weight excluding hydrogens is 276 g/mol. The Labute approximate surface area is 124 Å². The molecule has 5 heteroatoms. The second kappa shape index (κ2) is 5.62. The summed E-state index contributed by atoms with van der Waals surface area (Å²) >= 11 is 6.21. The monoisotopic (exact) mass is 294 g/mol. The van der Waals surface area contributed by atoms with Crippen molar-refractivity contribution in [2.75, 3.05) is 25.5 Å². The molecule has 1 saturated heterocycles. The zero-order chi connectivity index (χ0) is 14.1. The minimum atomic E-state index is -0.337. The van der Waals surface area contributed by atoms with Crippen LogP contribution in [0.2, 0.25) is 5.02 Å². The van der Waals surface area contributed by atoms with Crippen molar-refractivity contribution in [3.8, 4) is 0 Å². The van der Waals surface area contributed by atoms with Crippen molar-refractivity contribution in [1.29, 1.82) is 0 Å². The van der Waals surface area contributed by atoms with E-state index in [1.807, 2.05) is 0 Å². The minimum absolute atomic E-state index is 0.337. The highest BCUT2D eigenvalue weighted by Gasteiger charge is 2.34. The van der Waals surface area contributed by atoms with Gasteiger partial charge in [-0.25, -0.2) is 4.79 Å². The molecule has 20 heavy (non-hydrogen) atoms. The van der Waals surface area contributed by atoms with Gasteiger partial charge in [-0.1, -0.05) is 11.6 Å². The van der Waals surface area contributed by atoms with Gasteiger partial charge in [0, 0.05) is 25.2 Å². The van der Waals surface area contributed by atoms with Crippen molar-refractivity contribution < 1.29 is 9.53 Å². The molecule has 0 bridgehead atoms. The van der Waals surface area contributed by atoms with Crippen LogP contribution in [0.3, 0.4) is 0 Å². The summed E-state index contributed by atoms with van der Waals surface area (Å²) in [5.74, 6) is -0.337. The van der Waals surface area contributed by atoms with E-state index in [9.17, 15) is 4.79 Å². The number of esters is 1. The highest BCUT2D eigenvalue weighted by molar-refractivity contribution is 6.33. The van der Waals surface area contributed by atoms with Gasteiger partial charge in [-0.2, -0.15) is 0 Å². The normalized spacial score (nSPS) is 22.8. The maximum absolute atomic E-state index is 11.6. The number of hydrogen-bond donors (Lipinski definition) is 1. The Kier molecular flexibility index (Phi) is 3.85. The molecule has 1 aliphatic heterocycles. The number of carbonyl (C=O) groups is 1. The number of rotatable bonds is 4. The maximum atomic E-state index is 11.6. The lowest BCUT2D eigenvalue weighted by Gasteiger charge is -2.17. The van der Waals surface area contributed by atoms with Crippen molar-refractivity contribution in [3.05, 3.63) is 28.8 Å². The number of anilines is 1. The number of ether oxygens (including phenoxy) is 1. The molecule has 1 atom stereocenters. The molecule has 108 valence electrons. The molecule has 1 heterocycles. The van der Waals surface area contributed by atoms with Gasteiger partial charge in [0.1, 0.15) is 0 Å². The van der Waals surface area contributed by atoms with Crippen molar-refractivity contribution in [3.63, 3.8) is 0 Å². The van der Waals surface area contributed by atoms with Gasteiger partial charge in [0.15, 0.2) is 0 Å². The first-order valence-electron chi connectivity index (χ1n) is 7.06. The number of nitrogens with one attached hydrogen (secondary N) is 1. The van der Waals surface area contributed by atoms with Crippen LogP contribution in [0.25, 0.3) is 0 Å². The molecule has 2 aliphatic rings. The first kappa shape index (κ1) is 13.7. The molecule has 0 radical (unpaired) electrons. The van der Waals surface area contributed by atoms with E-state index in [2.05, 4.69) is 10.2 Å². The number of likely N-dealkylation sites (tertiary alicyclic amines) is 1. The van der Waals surface area contributed by atoms with E-state index < -0.39 is 0 Å². The van der Waals surface area contributed by atoms with Crippen molar-refractivity contribution in [2.45, 2.75) is 31.3 Å². The second-order valence-corrected chi connectivity index (χ2v) is 5.95. The average Bonchev–Trinajstić information content (AvgIpc) is 3.21. The van der Waals surface area contributed by atoms with Gasteiger partial charge in [-0.3, -0.25) is 4.90 Å². The Morgan fingerprint density at radius 3 is 2.90 bits per heavy atom. The Balaban J connectivity index is 1.68. The zero-order valence-electron chi connectivity index (χ0n) is 11.6. The standard InChI is InChI=1S/C15H19ClN2O2/c1-20-15(19)10-2-5-13(16)14(8-10)17-11-6-7-18(9-11)12-3-4-12/h2,5,8,11-12,17H,3-4,6-7,9H2,1H3. The van der Waals surface area contributed by atoms with Crippen molar-refractivity contribution in [1.82, 2.24) is 4.90 Å². The molecule has 0 spiro atoms. The highest BCUT2D eigenvalue weighted by atomic mass is 35.5. The lowest BCUT2D eigenvalue weighted by atomic mass is 10.1. The van der Waals surface area contributed by atoms with Gasteiger partial charge in [0.05, 0.1) is 23.4 Å². The summed E-state index contributed by atoms with van der Waals surface area (Å²) < 4.78 is 4.74. The summed E-state index contributed by atoms with van der Waals surface area (Å²) in [6.07, 6.45) is 3.80. The number of hydrogen-bond acceptors (Lipinski definition) is 4. The van der Waals surface area contributed by atoms with E-state index in [1.165, 1.54) is 20.0 Å². The third kappa shape index (κ3) is 2.91. The van der Waals surface area contributed by atoms with Crippen LogP contribution >= 0.6 is 11.6 Å². The molecule has 1 aliphatic carbocycles. The number of nitrogens with zero attached hydrogens (tertiary/aromatic N) is 1. The molecule has 1 aromatic rings. The third-order valence-corrected chi connectivity index (χ3v) is 4.36. The molecule has 0 aromatic heterocycles. The zero-order valence-corrected chi connectivity index (χ0v) is 12.3. The number of benzene rings is 1. The fraction of sp³-hybridized carbons (Fsp3) is 0.533. The molecule has 2 fully saturated rings. The molecular formula is C15H19ClN2O2. The quantitative estimate of drug-likeness (QED) is 0.867. The summed E-state index contributed by atoms with van der Waals surface area (Å²) in [5, 5.41) is 4.10. The Morgan fingerprint density at radius 1 is 1.40 bits per heavy atom. The van der Waals surface area contributed by atoms with Gasteiger partial charge in [-0.05, 0) is 37.5 Å². The van der Waals surface area contributed by atoms with E-state index in [4.69, 9.17) is 16.3 Å². The fourth-order valence-electron chi connectivity index (χ4n) is 2.78. The topological polar surface area (TPSA) is 41.6 Å². The van der Waals surface area contributed by atoms with Crippen LogP contribution in [0.15, 0.2) is 18.2 Å². The number of halogens is 1. The van der Waals surface area contributed by atoms with Crippen molar-refractivity contribution in [2.24, 2.45) is 0 Å². The molecule has 4 nitrogen and oxygen atoms in total. The molecule has 0 amide bonds. The third-order valence-electron chi connectivity index (χ3n) is 4.03. The van der Waals surface area contributed by atoms with E-state index in [0.29, 0.717) is 16.6 Å². The molecule has 1 saturated carbocycles. The van der Waals surface area contributed by atoms with Crippen LogP contribution in [0.1, 0.15) is 29.6 Å². The van der Waals surface area contributed by atoms with Crippen molar-refractivity contribution >= 4 is 23.3 Å². The van der Waals surface area contributed by atoms with Crippen LogP contribution in [0.5, 0.6) is 0 Å². The lowest BCUT2D eigenvalue weighted by Crippen LogP contribution is -2.27. The van der Waals surface area contributed by atoms with E-state index >= 15 is 0 Å². The molecule has 1 unspecified atom stereocenters. The Morgan fingerprint density at radius 2 is 2.20 bits per heavy atom. The van der Waals surface area contributed by atoms with Crippen LogP contribution < -0.4 is 5.32 Å². The summed E-state index contributed by atoms with van der Waals surface area (Å²) in [4.78, 5) is 14.1. The number of methoxy groups -OCH3 is 1. The van der Waals surface area contributed by atoms with E-state index in [-0.39, 0.29) is 5.97 Å². The van der Waals surface area contributed by atoms with Gasteiger partial charge in [0.2, 0.25) is 0 Å². The van der Waals surface area contributed by atoms with Gasteiger partial charge < -0.3 is 10.1 Å². The second-order valence-electron chi connectivity index (χ2n) is 5.54. The summed E-state index contributed by atoms with van der Waals surface area (Å²) in [7, 11) is 1.38. The van der Waals surface area contributed by atoms with E-state index in [1.54, 1.807) is 18.2 Å². The smallest absolute Gasteiger partial charge is 0.337 e. The van der Waals surface area contributed by atoms with Crippen LogP contribution in [0.4, 0.5) is 5.69 Å². The maximum Gasteiger partial charge on any atom is 0.337 e. The van der Waals surface area contributed by atoms with Crippen LogP contribution in [0, 0.1) is 0 Å². The first-order chi connectivity index (χ1) is 9.67. The van der Waals surface area contributed by atoms with Crippen LogP contribution in [-0.2, 0) is 4.74 Å². The predicted molar refractivity (Wildman–Crippen MR) is 79.4 cm³/mol. The summed E-state index contributed by atoms with van der Waals surface area (Å²) in [5.41, 5.74) is 1.34. The SMILES string of the molecule is COC(=O)c1ccc(Cl)c(NC2CCN(C3CC3)C2)c1. The fourth-order valence-corrected chi connectivity index (χ4v) is 2.95. The average molecular weight is 295 g/mol. The Bertz CT molecular complexity index is 517. The highest BCUT2D eigenvalue weighted by Crippen LogP contribution is 2.31. The molecule has 1 aromatic carbocycles.